The summed E-state index contributed by atoms with van der Waals surface area (Å²) in [4.78, 5) is 32.5. The van der Waals surface area contributed by atoms with Gasteiger partial charge in [0.1, 0.15) is 0 Å². The number of phosphoric acid groups is 1. The normalized spacial score (nSPS) is 43.9. The van der Waals surface area contributed by atoms with Crippen molar-refractivity contribution in [1.82, 2.24) is 0 Å². The van der Waals surface area contributed by atoms with Gasteiger partial charge in [-0.05, 0) is 100 Å². The van der Waals surface area contributed by atoms with Crippen LogP contribution in [0.3, 0.4) is 0 Å². The maximum atomic E-state index is 13.3. The molecule has 4 aliphatic rings. The summed E-state index contributed by atoms with van der Waals surface area (Å²) in [6.45, 7) is 9.20. The minimum atomic E-state index is -4.79. The molecule has 0 aliphatic heterocycles. The van der Waals surface area contributed by atoms with Crippen molar-refractivity contribution in [2.24, 2.45) is 34.5 Å². The number of aliphatic hydroxyl groups excluding tert-OH is 2. The van der Waals surface area contributed by atoms with E-state index in [4.69, 9.17) is 4.52 Å². The maximum absolute atomic E-state index is 13.3. The first-order valence-corrected chi connectivity index (χ1v) is 15.2. The summed E-state index contributed by atoms with van der Waals surface area (Å²) in [7, 11) is -4.79. The van der Waals surface area contributed by atoms with Crippen LogP contribution in [0.5, 0.6) is 0 Å². The van der Waals surface area contributed by atoms with Gasteiger partial charge in [-0.2, -0.15) is 0 Å². The van der Waals surface area contributed by atoms with E-state index in [2.05, 4.69) is 0 Å². The second kappa shape index (κ2) is 9.48. The third-order valence-corrected chi connectivity index (χ3v) is 11.3. The van der Waals surface area contributed by atoms with E-state index >= 15 is 0 Å². The monoisotopic (exact) mass is 544 g/mol. The third-order valence-electron chi connectivity index (χ3n) is 10.7. The summed E-state index contributed by atoms with van der Waals surface area (Å²) < 4.78 is 17.1. The largest absolute Gasteiger partial charge is 0.469 e. The minimum absolute atomic E-state index is 0.0955. The van der Waals surface area contributed by atoms with Gasteiger partial charge in [0.25, 0.3) is 0 Å². The number of carbonyl (C=O) groups excluding carboxylic acids is 1. The highest BCUT2D eigenvalue weighted by molar-refractivity contribution is 7.46. The van der Waals surface area contributed by atoms with Crippen molar-refractivity contribution in [3.8, 4) is 0 Å². The van der Waals surface area contributed by atoms with Gasteiger partial charge in [-0.3, -0.25) is 9.32 Å². The summed E-state index contributed by atoms with van der Waals surface area (Å²) in [5, 5.41) is 43.3. The average Bonchev–Trinajstić information content (AvgIpc) is 3.03. The molecule has 0 unspecified atom stereocenters. The van der Waals surface area contributed by atoms with E-state index in [1.165, 1.54) is 0 Å². The second-order valence-corrected chi connectivity index (χ2v) is 14.7. The number of fused-ring (bicyclic) bond motifs is 5. The van der Waals surface area contributed by atoms with Crippen LogP contribution in [-0.2, 0) is 13.9 Å². The lowest BCUT2D eigenvalue weighted by atomic mass is 9.46. The molecule has 0 heterocycles. The van der Waals surface area contributed by atoms with Gasteiger partial charge in [0.15, 0.2) is 5.78 Å². The van der Waals surface area contributed by atoms with Crippen LogP contribution in [0, 0.1) is 34.5 Å². The van der Waals surface area contributed by atoms with Crippen molar-refractivity contribution in [3.05, 3.63) is 11.6 Å². The Morgan fingerprint density at radius 1 is 1.14 bits per heavy atom. The molecule has 0 aromatic carbocycles. The van der Waals surface area contributed by atoms with Gasteiger partial charge in [0.05, 0.1) is 29.5 Å². The number of carbonyl (C=O) groups is 1. The Labute approximate surface area is 219 Å². The Balaban J connectivity index is 1.66. The molecule has 10 atom stereocenters. The van der Waals surface area contributed by atoms with Gasteiger partial charge >= 0.3 is 7.82 Å². The number of hydrogen-bond donors (Lipinski definition) is 6. The molecular weight excluding hydrogens is 499 g/mol. The number of ketones is 1. The highest BCUT2D eigenvalue weighted by Gasteiger charge is 2.67. The first kappa shape index (κ1) is 29.3. The molecular formula is C27H45O9P. The van der Waals surface area contributed by atoms with Crippen LogP contribution in [0.15, 0.2) is 11.6 Å². The summed E-state index contributed by atoms with van der Waals surface area (Å²) >= 11 is 0. The number of allylic oxidation sites excluding steroid dienone is 1. The fourth-order valence-corrected chi connectivity index (χ4v) is 9.25. The fraction of sp³-hybridized carbons (Fsp3) is 0.889. The zero-order valence-corrected chi connectivity index (χ0v) is 23.5. The average molecular weight is 545 g/mol. The SMILES string of the molecule is C[C@@H]([C@H]1CC[C@@]2(O)C3=CC(=O)[C@@H]4C[C@H](O)[C@@H](O)C[C@]4(C)[C@H]3CC[C@]12C)[C@@H](CCC(C)(C)O)OP(=O)(O)O. The highest BCUT2D eigenvalue weighted by atomic mass is 31.2. The zero-order chi connectivity index (χ0) is 27.8. The first-order valence-electron chi connectivity index (χ1n) is 13.6. The predicted octanol–water partition coefficient (Wildman–Crippen LogP) is 2.86. The quantitative estimate of drug-likeness (QED) is 0.264. The molecule has 0 spiro atoms. The lowest BCUT2D eigenvalue weighted by Gasteiger charge is -2.60. The second-order valence-electron chi connectivity index (χ2n) is 13.5. The molecule has 212 valence electrons. The predicted molar refractivity (Wildman–Crippen MR) is 136 cm³/mol. The molecule has 0 aromatic rings. The number of aliphatic hydroxyl groups is 4. The molecule has 10 heteroatoms. The first-order chi connectivity index (χ1) is 16.8. The third kappa shape index (κ3) is 5.04. The van der Waals surface area contributed by atoms with E-state index in [1.54, 1.807) is 19.9 Å². The molecule has 4 rings (SSSR count). The van der Waals surface area contributed by atoms with E-state index in [9.17, 15) is 39.6 Å². The van der Waals surface area contributed by atoms with Crippen molar-refractivity contribution < 1.29 is 44.1 Å². The molecule has 3 fully saturated rings. The topological polar surface area (TPSA) is 165 Å². The lowest BCUT2D eigenvalue weighted by molar-refractivity contribution is -0.154. The summed E-state index contributed by atoms with van der Waals surface area (Å²) in [5.41, 5.74) is -2.77. The van der Waals surface area contributed by atoms with Gasteiger partial charge in [0, 0.05) is 11.3 Å². The van der Waals surface area contributed by atoms with Crippen LogP contribution < -0.4 is 0 Å². The summed E-state index contributed by atoms with van der Waals surface area (Å²) in [6.07, 6.45) is 2.42. The standard InChI is InChI=1S/C27H45O9P/c1-15(23(36-37(33,34)35)8-9-24(2,3)31)16-7-11-27(32)18-12-20(28)19-13-21(29)22(30)14-25(19,4)17(18)6-10-26(16,27)5/h12,15-17,19,21-23,29-32H,6-11,13-14H2,1-5H3,(H2,33,34,35)/t15-,16+,17-,19-,21-,22-,23+,25+,26+,27+/m0/s1. The van der Waals surface area contributed by atoms with Crippen LogP contribution in [0.4, 0.5) is 0 Å². The Bertz CT molecular complexity index is 985. The smallest absolute Gasteiger partial charge is 0.390 e. The Hall–Kier alpha value is -0.640. The van der Waals surface area contributed by atoms with Gasteiger partial charge < -0.3 is 30.2 Å². The van der Waals surface area contributed by atoms with Crippen molar-refractivity contribution in [2.45, 2.75) is 115 Å². The maximum Gasteiger partial charge on any atom is 0.469 e. The van der Waals surface area contributed by atoms with Gasteiger partial charge in [-0.25, -0.2) is 4.57 Å². The van der Waals surface area contributed by atoms with Crippen LogP contribution >= 0.6 is 7.82 Å². The molecule has 37 heavy (non-hydrogen) atoms. The molecule has 0 radical (unpaired) electrons. The van der Waals surface area contributed by atoms with E-state index in [-0.39, 0.29) is 36.4 Å². The molecule has 0 amide bonds. The van der Waals surface area contributed by atoms with Crippen molar-refractivity contribution in [2.75, 3.05) is 0 Å². The lowest BCUT2D eigenvalue weighted by Crippen LogP contribution is -2.61. The zero-order valence-electron chi connectivity index (χ0n) is 22.6. The minimum Gasteiger partial charge on any atom is -0.390 e. The number of phosphoric ester groups is 1. The molecule has 4 aliphatic carbocycles. The number of rotatable bonds is 7. The van der Waals surface area contributed by atoms with Gasteiger partial charge in [-0.1, -0.05) is 20.8 Å². The summed E-state index contributed by atoms with van der Waals surface area (Å²) in [5.74, 6) is -1.05. The molecule has 6 N–H and O–H groups in total. The molecule has 3 saturated carbocycles. The Kier molecular flexibility index (Phi) is 7.52. The van der Waals surface area contributed by atoms with E-state index in [0.717, 1.165) is 0 Å². The van der Waals surface area contributed by atoms with Crippen molar-refractivity contribution in [3.63, 3.8) is 0 Å². The molecule has 0 saturated heterocycles. The van der Waals surface area contributed by atoms with E-state index < -0.39 is 54.1 Å². The highest BCUT2D eigenvalue weighted by Crippen LogP contribution is 2.68. The van der Waals surface area contributed by atoms with Gasteiger partial charge in [-0.15, -0.1) is 0 Å². The summed E-state index contributed by atoms with van der Waals surface area (Å²) in [6, 6.07) is 0. The van der Waals surface area contributed by atoms with Crippen LogP contribution in [0.25, 0.3) is 0 Å². The molecule has 0 bridgehead atoms. The van der Waals surface area contributed by atoms with Crippen molar-refractivity contribution >= 4 is 13.6 Å². The molecule has 9 nitrogen and oxygen atoms in total. The fourth-order valence-electron chi connectivity index (χ4n) is 8.60. The van der Waals surface area contributed by atoms with E-state index in [1.807, 2.05) is 20.8 Å². The van der Waals surface area contributed by atoms with E-state index in [0.29, 0.717) is 44.1 Å². The van der Waals surface area contributed by atoms with Crippen molar-refractivity contribution in [1.29, 1.82) is 0 Å². The Morgan fingerprint density at radius 3 is 2.38 bits per heavy atom. The van der Waals surface area contributed by atoms with Gasteiger partial charge in [0.2, 0.25) is 0 Å². The van der Waals surface area contributed by atoms with Crippen LogP contribution in [0.1, 0.15) is 86.0 Å². The van der Waals surface area contributed by atoms with Crippen LogP contribution in [0.2, 0.25) is 0 Å². The Morgan fingerprint density at radius 2 is 1.78 bits per heavy atom. The number of hydrogen-bond acceptors (Lipinski definition) is 7. The van der Waals surface area contributed by atoms with Crippen LogP contribution in [-0.4, -0.2) is 65.5 Å². The molecule has 0 aromatic heterocycles.